The third-order valence-corrected chi connectivity index (χ3v) is 5.13. The average Bonchev–Trinajstić information content (AvgIpc) is 3.01. The first-order valence-electron chi connectivity index (χ1n) is 7.52. The number of nitrogens with one attached hydrogen (secondary N) is 1. The second-order valence-corrected chi connectivity index (χ2v) is 6.21. The Hall–Kier alpha value is -0.830. The summed E-state index contributed by atoms with van der Waals surface area (Å²) in [6.07, 6.45) is 10.8. The summed E-state index contributed by atoms with van der Waals surface area (Å²) in [5.74, 6) is 1.61. The number of hydrogen-bond acceptors (Lipinski definition) is 2. The van der Waals surface area contributed by atoms with Crippen LogP contribution in [0.5, 0.6) is 0 Å². The molecule has 1 aromatic heterocycles. The molecule has 0 radical (unpaired) electrons. The quantitative estimate of drug-likeness (QED) is 0.869. The molecule has 1 aromatic rings. The molecule has 3 rings (SSSR count). The van der Waals surface area contributed by atoms with Crippen molar-refractivity contribution in [2.45, 2.75) is 58.0 Å². The van der Waals surface area contributed by atoms with Crippen LogP contribution in [0.2, 0.25) is 0 Å². The Kier molecular flexibility index (Phi) is 3.42. The lowest BCUT2D eigenvalue weighted by molar-refractivity contribution is 0.181. The van der Waals surface area contributed by atoms with Gasteiger partial charge >= 0.3 is 0 Å². The minimum absolute atomic E-state index is 0.539. The summed E-state index contributed by atoms with van der Waals surface area (Å²) < 4.78 is 2.48. The van der Waals surface area contributed by atoms with E-state index in [0.717, 1.165) is 18.4 Å². The van der Waals surface area contributed by atoms with E-state index in [1.807, 2.05) is 0 Å². The molecule has 3 unspecified atom stereocenters. The van der Waals surface area contributed by atoms with Crippen molar-refractivity contribution in [2.24, 2.45) is 11.8 Å². The van der Waals surface area contributed by atoms with Crippen molar-refractivity contribution < 1.29 is 0 Å². The van der Waals surface area contributed by atoms with Gasteiger partial charge in [-0.3, -0.25) is 0 Å². The molecule has 1 saturated heterocycles. The summed E-state index contributed by atoms with van der Waals surface area (Å²) in [4.78, 5) is 4.42. The van der Waals surface area contributed by atoms with E-state index >= 15 is 0 Å². The fraction of sp³-hybridized carbons (Fsp3) is 0.800. The van der Waals surface area contributed by atoms with Crippen molar-refractivity contribution in [3.05, 3.63) is 18.2 Å². The first kappa shape index (κ1) is 12.2. The standard InChI is InChI=1S/C15H25N3/c1-11-5-3-7-14(12(11)2)18-10-16-9-15(18)13-6-4-8-17-13/h9-14,17H,3-8H2,1-2H3/t11?,12?,13-,14?/m0/s1. The van der Waals surface area contributed by atoms with Crippen molar-refractivity contribution in [3.8, 4) is 0 Å². The summed E-state index contributed by atoms with van der Waals surface area (Å²) in [6.45, 7) is 5.98. The summed E-state index contributed by atoms with van der Waals surface area (Å²) in [6, 6.07) is 1.20. The third kappa shape index (κ3) is 2.09. The molecule has 1 N–H and O–H groups in total. The van der Waals surface area contributed by atoms with Crippen molar-refractivity contribution in [2.75, 3.05) is 6.54 Å². The van der Waals surface area contributed by atoms with Crippen LogP contribution in [0.4, 0.5) is 0 Å². The lowest BCUT2D eigenvalue weighted by Crippen LogP contribution is -2.29. The second-order valence-electron chi connectivity index (χ2n) is 6.21. The van der Waals surface area contributed by atoms with Crippen LogP contribution in [0, 0.1) is 11.8 Å². The number of aromatic nitrogens is 2. The van der Waals surface area contributed by atoms with E-state index in [1.54, 1.807) is 0 Å². The van der Waals surface area contributed by atoms with Crippen LogP contribution in [0.1, 0.15) is 63.7 Å². The molecule has 2 fully saturated rings. The molecule has 3 heteroatoms. The highest BCUT2D eigenvalue weighted by Gasteiger charge is 2.31. The Morgan fingerprint density at radius 2 is 2.11 bits per heavy atom. The van der Waals surface area contributed by atoms with Crippen LogP contribution in [0.25, 0.3) is 0 Å². The Balaban J connectivity index is 1.85. The lowest BCUT2D eigenvalue weighted by atomic mass is 9.78. The Bertz CT molecular complexity index is 392. The van der Waals surface area contributed by atoms with Gasteiger partial charge in [0.05, 0.1) is 12.0 Å². The summed E-state index contributed by atoms with van der Waals surface area (Å²) in [5, 5.41) is 3.60. The fourth-order valence-corrected chi connectivity index (χ4v) is 3.75. The van der Waals surface area contributed by atoms with Crippen molar-refractivity contribution >= 4 is 0 Å². The van der Waals surface area contributed by atoms with Crippen molar-refractivity contribution in [3.63, 3.8) is 0 Å². The molecule has 2 heterocycles. The van der Waals surface area contributed by atoms with Gasteiger partial charge in [-0.2, -0.15) is 0 Å². The normalized spacial score (nSPS) is 37.0. The minimum Gasteiger partial charge on any atom is -0.330 e. The molecule has 4 atom stereocenters. The number of hydrogen-bond donors (Lipinski definition) is 1. The highest BCUT2D eigenvalue weighted by atomic mass is 15.1. The van der Waals surface area contributed by atoms with Crippen LogP contribution in [0.3, 0.4) is 0 Å². The average molecular weight is 247 g/mol. The highest BCUT2D eigenvalue weighted by Crippen LogP contribution is 2.39. The largest absolute Gasteiger partial charge is 0.330 e. The van der Waals surface area contributed by atoms with E-state index in [1.165, 1.54) is 37.8 Å². The van der Waals surface area contributed by atoms with Gasteiger partial charge in [-0.15, -0.1) is 0 Å². The van der Waals surface area contributed by atoms with Gasteiger partial charge in [0, 0.05) is 18.3 Å². The Labute approximate surface area is 110 Å². The lowest BCUT2D eigenvalue weighted by Gasteiger charge is -2.36. The van der Waals surface area contributed by atoms with Gasteiger partial charge in [-0.25, -0.2) is 4.98 Å². The predicted molar refractivity (Wildman–Crippen MR) is 73.4 cm³/mol. The fourth-order valence-electron chi connectivity index (χ4n) is 3.75. The summed E-state index contributed by atoms with van der Waals surface area (Å²) in [7, 11) is 0. The Morgan fingerprint density at radius 1 is 1.22 bits per heavy atom. The van der Waals surface area contributed by atoms with E-state index < -0.39 is 0 Å². The molecule has 100 valence electrons. The van der Waals surface area contributed by atoms with Gasteiger partial charge in [0.25, 0.3) is 0 Å². The number of imidazole rings is 1. The molecule has 3 nitrogen and oxygen atoms in total. The summed E-state index contributed by atoms with van der Waals surface area (Å²) in [5.41, 5.74) is 1.42. The molecule has 1 aliphatic heterocycles. The van der Waals surface area contributed by atoms with Crippen LogP contribution in [0.15, 0.2) is 12.5 Å². The zero-order valence-electron chi connectivity index (χ0n) is 11.6. The van der Waals surface area contributed by atoms with E-state index in [9.17, 15) is 0 Å². The van der Waals surface area contributed by atoms with Crippen LogP contribution in [-0.2, 0) is 0 Å². The smallest absolute Gasteiger partial charge is 0.0951 e. The zero-order chi connectivity index (χ0) is 12.5. The van der Waals surface area contributed by atoms with E-state index in [2.05, 4.69) is 41.2 Å². The third-order valence-electron chi connectivity index (χ3n) is 5.13. The predicted octanol–water partition coefficient (Wildman–Crippen LogP) is 3.30. The van der Waals surface area contributed by atoms with Crippen molar-refractivity contribution in [1.82, 2.24) is 14.9 Å². The molecule has 0 spiro atoms. The SMILES string of the molecule is CC1CCCC(n2cncc2[C@@H]2CCCN2)C1C. The van der Waals surface area contributed by atoms with Gasteiger partial charge in [0.15, 0.2) is 0 Å². The molecule has 18 heavy (non-hydrogen) atoms. The molecular formula is C15H25N3. The summed E-state index contributed by atoms with van der Waals surface area (Å²) >= 11 is 0. The van der Waals surface area contributed by atoms with E-state index in [0.29, 0.717) is 12.1 Å². The van der Waals surface area contributed by atoms with Gasteiger partial charge in [-0.1, -0.05) is 26.7 Å². The maximum absolute atomic E-state index is 4.42. The van der Waals surface area contributed by atoms with Gasteiger partial charge in [-0.05, 0) is 37.6 Å². The van der Waals surface area contributed by atoms with Gasteiger partial charge in [0.2, 0.25) is 0 Å². The molecule has 0 amide bonds. The molecule has 1 saturated carbocycles. The van der Waals surface area contributed by atoms with Gasteiger partial charge < -0.3 is 9.88 Å². The van der Waals surface area contributed by atoms with Crippen LogP contribution < -0.4 is 5.32 Å². The zero-order valence-corrected chi connectivity index (χ0v) is 11.6. The highest BCUT2D eigenvalue weighted by molar-refractivity contribution is 5.09. The molecule has 1 aliphatic carbocycles. The molecule has 0 aromatic carbocycles. The number of nitrogens with zero attached hydrogens (tertiary/aromatic N) is 2. The molecule has 0 bridgehead atoms. The molecule has 2 aliphatic rings. The minimum atomic E-state index is 0.539. The maximum atomic E-state index is 4.42. The van der Waals surface area contributed by atoms with Gasteiger partial charge in [0.1, 0.15) is 0 Å². The first-order chi connectivity index (χ1) is 8.77. The van der Waals surface area contributed by atoms with E-state index in [-0.39, 0.29) is 0 Å². The number of rotatable bonds is 2. The van der Waals surface area contributed by atoms with Crippen LogP contribution in [-0.4, -0.2) is 16.1 Å². The van der Waals surface area contributed by atoms with E-state index in [4.69, 9.17) is 0 Å². The maximum Gasteiger partial charge on any atom is 0.0951 e. The van der Waals surface area contributed by atoms with Crippen LogP contribution >= 0.6 is 0 Å². The van der Waals surface area contributed by atoms with Crippen molar-refractivity contribution in [1.29, 1.82) is 0 Å². The molecular weight excluding hydrogens is 222 g/mol. The monoisotopic (exact) mass is 247 g/mol. The Morgan fingerprint density at radius 3 is 2.89 bits per heavy atom. The topological polar surface area (TPSA) is 29.9 Å². The first-order valence-corrected chi connectivity index (χ1v) is 7.52. The second kappa shape index (κ2) is 5.04.